The molecule has 0 aromatic carbocycles. The first kappa shape index (κ1) is 19.8. The molecule has 162 valence electrons. The summed E-state index contributed by atoms with van der Waals surface area (Å²) in [5.74, 6) is -0.0616. The summed E-state index contributed by atoms with van der Waals surface area (Å²) in [6.45, 7) is 4.75. The molecule has 0 unspecified atom stereocenters. The van der Waals surface area contributed by atoms with Crippen LogP contribution in [-0.2, 0) is 20.9 Å². The van der Waals surface area contributed by atoms with E-state index >= 15 is 0 Å². The largest absolute Gasteiger partial charge is 0.361 e. The minimum atomic E-state index is -0.627. The van der Waals surface area contributed by atoms with Gasteiger partial charge in [-0.25, -0.2) is 0 Å². The Kier molecular flexibility index (Phi) is 4.76. The molecule has 7 nitrogen and oxygen atoms in total. The number of fused-ring (bicyclic) bond motifs is 1. The van der Waals surface area contributed by atoms with E-state index in [-0.39, 0.29) is 24.0 Å². The second-order valence-electron chi connectivity index (χ2n) is 9.51. The minimum absolute atomic E-state index is 0.0349. The summed E-state index contributed by atoms with van der Waals surface area (Å²) in [6.07, 6.45) is 10.7. The first-order chi connectivity index (χ1) is 14.4. The van der Waals surface area contributed by atoms with E-state index in [1.165, 1.54) is 25.7 Å². The average Bonchev–Trinajstić information content (AvgIpc) is 3.38. The highest BCUT2D eigenvalue weighted by Gasteiger charge is 2.67. The van der Waals surface area contributed by atoms with E-state index in [1.54, 1.807) is 11.9 Å². The highest BCUT2D eigenvalue weighted by molar-refractivity contribution is 5.93. The summed E-state index contributed by atoms with van der Waals surface area (Å²) in [5.41, 5.74) is 1.10. The Morgan fingerprint density at radius 2 is 2.00 bits per heavy atom. The van der Waals surface area contributed by atoms with E-state index in [9.17, 15) is 9.59 Å². The van der Waals surface area contributed by atoms with Gasteiger partial charge in [0.25, 0.3) is 0 Å². The van der Waals surface area contributed by atoms with Crippen molar-refractivity contribution in [2.24, 2.45) is 11.8 Å². The predicted molar refractivity (Wildman–Crippen MR) is 109 cm³/mol. The quantitative estimate of drug-likeness (QED) is 0.560. The maximum atomic E-state index is 13.6. The van der Waals surface area contributed by atoms with Crippen LogP contribution in [0.1, 0.15) is 55.5 Å². The monoisotopic (exact) mass is 413 g/mol. The molecule has 2 amide bonds. The summed E-state index contributed by atoms with van der Waals surface area (Å²) in [5, 5.41) is 3.99. The van der Waals surface area contributed by atoms with Gasteiger partial charge in [-0.15, -0.1) is 0 Å². The van der Waals surface area contributed by atoms with Crippen molar-refractivity contribution in [3.63, 3.8) is 0 Å². The molecule has 2 bridgehead atoms. The number of nitrogens with zero attached hydrogens (tertiary/aromatic N) is 3. The van der Waals surface area contributed by atoms with E-state index < -0.39 is 17.4 Å². The van der Waals surface area contributed by atoms with Crippen molar-refractivity contribution in [3.8, 4) is 0 Å². The van der Waals surface area contributed by atoms with Gasteiger partial charge in [-0.05, 0) is 26.7 Å². The highest BCUT2D eigenvalue weighted by atomic mass is 16.5. The average molecular weight is 414 g/mol. The minimum Gasteiger partial charge on any atom is -0.361 e. The zero-order valence-electron chi connectivity index (χ0n) is 18.1. The molecular weight excluding hydrogens is 382 g/mol. The van der Waals surface area contributed by atoms with Gasteiger partial charge in [-0.2, -0.15) is 0 Å². The van der Waals surface area contributed by atoms with Crippen LogP contribution >= 0.6 is 0 Å². The smallest absolute Gasteiger partial charge is 0.230 e. The van der Waals surface area contributed by atoms with Crippen molar-refractivity contribution >= 4 is 11.8 Å². The van der Waals surface area contributed by atoms with Crippen molar-refractivity contribution in [1.29, 1.82) is 0 Å². The van der Waals surface area contributed by atoms with Crippen LogP contribution < -0.4 is 0 Å². The Morgan fingerprint density at radius 3 is 2.67 bits per heavy atom. The van der Waals surface area contributed by atoms with Gasteiger partial charge in [0, 0.05) is 18.7 Å². The molecule has 30 heavy (non-hydrogen) atoms. The molecule has 1 aromatic rings. The van der Waals surface area contributed by atoms with Crippen LogP contribution in [-0.4, -0.2) is 58.1 Å². The summed E-state index contributed by atoms with van der Waals surface area (Å²) in [6, 6.07) is 0.284. The number of carbonyl (C=O) groups is 2. The number of likely N-dealkylation sites (tertiary alicyclic amines) is 1. The molecule has 7 heteroatoms. The molecule has 4 heterocycles. The molecule has 1 aromatic heterocycles. The van der Waals surface area contributed by atoms with Crippen molar-refractivity contribution in [3.05, 3.63) is 29.2 Å². The number of hydrogen-bond acceptors (Lipinski definition) is 5. The van der Waals surface area contributed by atoms with Gasteiger partial charge in [-0.3, -0.25) is 9.59 Å². The van der Waals surface area contributed by atoms with Gasteiger partial charge in [0.05, 0.1) is 36.7 Å². The lowest BCUT2D eigenvalue weighted by atomic mass is 9.76. The van der Waals surface area contributed by atoms with Crippen LogP contribution in [0.3, 0.4) is 0 Å². The first-order valence-electron chi connectivity index (χ1n) is 11.3. The molecular formula is C23H31N3O4. The number of aryl methyl sites for hydroxylation is 2. The standard InChI is InChI=1S/C23H31N3O4/c1-14-17(15(2)30-24-14)12-25(3)21(27)19-18-10-11-23(29-18)13-26(22(28)20(19)23)16-8-6-4-5-7-9-16/h10-11,16,18-20H,4-9,12-13H2,1-3H3/t18-,19-,20+,23-/m0/s1. The summed E-state index contributed by atoms with van der Waals surface area (Å²) >= 11 is 0. The Labute approximate surface area is 177 Å². The summed E-state index contributed by atoms with van der Waals surface area (Å²) in [7, 11) is 1.79. The van der Waals surface area contributed by atoms with Gasteiger partial charge in [0.15, 0.2) is 0 Å². The lowest BCUT2D eigenvalue weighted by Crippen LogP contribution is -2.45. The molecule has 3 aliphatic heterocycles. The van der Waals surface area contributed by atoms with Crippen molar-refractivity contribution in [1.82, 2.24) is 15.0 Å². The third-order valence-corrected chi connectivity index (χ3v) is 7.63. The second kappa shape index (κ2) is 7.22. The maximum Gasteiger partial charge on any atom is 0.230 e. The molecule has 1 spiro atoms. The molecule has 4 aliphatic rings. The van der Waals surface area contributed by atoms with Crippen molar-refractivity contribution < 1.29 is 18.8 Å². The van der Waals surface area contributed by atoms with Gasteiger partial charge in [0.2, 0.25) is 11.8 Å². The van der Waals surface area contributed by atoms with Gasteiger partial charge in [-0.1, -0.05) is 43.0 Å². The molecule has 4 atom stereocenters. The third-order valence-electron chi connectivity index (χ3n) is 7.63. The number of aromatic nitrogens is 1. The Morgan fingerprint density at radius 1 is 1.27 bits per heavy atom. The first-order valence-corrected chi connectivity index (χ1v) is 11.3. The third kappa shape index (κ3) is 2.93. The molecule has 2 saturated heterocycles. The van der Waals surface area contributed by atoms with Crippen molar-refractivity contribution in [2.45, 2.75) is 76.7 Å². The van der Waals surface area contributed by atoms with Crippen molar-refractivity contribution in [2.75, 3.05) is 13.6 Å². The second-order valence-corrected chi connectivity index (χ2v) is 9.51. The van der Waals surface area contributed by atoms with Crippen LogP contribution in [0.2, 0.25) is 0 Å². The molecule has 0 N–H and O–H groups in total. The lowest BCUT2D eigenvalue weighted by molar-refractivity contribution is -0.143. The van der Waals surface area contributed by atoms with Crippen LogP contribution in [0.5, 0.6) is 0 Å². The lowest BCUT2D eigenvalue weighted by Gasteiger charge is -2.30. The molecule has 5 rings (SSSR count). The zero-order chi connectivity index (χ0) is 21.0. The fourth-order valence-corrected chi connectivity index (χ4v) is 5.99. The van der Waals surface area contributed by atoms with Gasteiger partial charge >= 0.3 is 0 Å². The number of carbonyl (C=O) groups excluding carboxylic acids is 2. The highest BCUT2D eigenvalue weighted by Crippen LogP contribution is 2.53. The molecule has 1 saturated carbocycles. The molecule has 0 radical (unpaired) electrons. The maximum absolute atomic E-state index is 13.6. The predicted octanol–water partition coefficient (Wildman–Crippen LogP) is 2.75. The number of ether oxygens (including phenoxy) is 1. The van der Waals surface area contributed by atoms with E-state index in [2.05, 4.69) is 11.2 Å². The SMILES string of the molecule is Cc1noc(C)c1CN(C)C(=O)[C@H]1[C@@H]2C=C[C@@]3(CN(C4CCCCCC4)C(=O)[C@@H]13)O2. The van der Waals surface area contributed by atoms with Gasteiger partial charge in [0.1, 0.15) is 11.4 Å². The molecule has 1 aliphatic carbocycles. The Bertz CT molecular complexity index is 866. The van der Waals surface area contributed by atoms with E-state index in [0.29, 0.717) is 13.1 Å². The van der Waals surface area contributed by atoms with Gasteiger partial charge < -0.3 is 19.1 Å². The van der Waals surface area contributed by atoms with E-state index in [0.717, 1.165) is 29.9 Å². The fourth-order valence-electron chi connectivity index (χ4n) is 5.99. The number of amides is 2. The van der Waals surface area contributed by atoms with Crippen LogP contribution in [0.4, 0.5) is 0 Å². The Balaban J connectivity index is 1.37. The summed E-state index contributed by atoms with van der Waals surface area (Å²) < 4.78 is 11.6. The van der Waals surface area contributed by atoms with E-state index in [4.69, 9.17) is 9.26 Å². The zero-order valence-corrected chi connectivity index (χ0v) is 18.1. The van der Waals surface area contributed by atoms with E-state index in [1.807, 2.05) is 24.8 Å². The number of rotatable bonds is 4. The van der Waals surface area contributed by atoms with Crippen LogP contribution in [0.15, 0.2) is 16.7 Å². The normalized spacial score (nSPS) is 33.2. The Hall–Kier alpha value is -2.15. The fraction of sp³-hybridized carbons (Fsp3) is 0.696. The topological polar surface area (TPSA) is 75.9 Å². The van der Waals surface area contributed by atoms with Crippen LogP contribution in [0, 0.1) is 25.7 Å². The molecule has 3 fully saturated rings. The summed E-state index contributed by atoms with van der Waals surface area (Å²) in [4.78, 5) is 30.8. The van der Waals surface area contributed by atoms with Crippen LogP contribution in [0.25, 0.3) is 0 Å². The number of hydrogen-bond donors (Lipinski definition) is 0.